The molecule has 5 heteroatoms. The Balaban J connectivity index is 0.00000180. The van der Waals surface area contributed by atoms with Crippen molar-refractivity contribution in [2.45, 2.75) is 32.5 Å². The Hall–Kier alpha value is -0.810. The molecule has 0 aromatic heterocycles. The third kappa shape index (κ3) is 4.08. The minimum Gasteiger partial charge on any atom is -0.497 e. The van der Waals surface area contributed by atoms with Gasteiger partial charge in [-0.2, -0.15) is 0 Å². The lowest BCUT2D eigenvalue weighted by molar-refractivity contribution is 0.0347. The van der Waals surface area contributed by atoms with Gasteiger partial charge in [0.25, 0.3) is 0 Å². The van der Waals surface area contributed by atoms with Crippen LogP contribution in [-0.4, -0.2) is 42.2 Å². The van der Waals surface area contributed by atoms with Crippen LogP contribution in [0.5, 0.6) is 5.75 Å². The van der Waals surface area contributed by atoms with Crippen LogP contribution in [0, 0.1) is 0 Å². The first kappa shape index (κ1) is 16.2. The van der Waals surface area contributed by atoms with Gasteiger partial charge in [-0.05, 0) is 31.5 Å². The van der Waals surface area contributed by atoms with Crippen molar-refractivity contribution in [2.75, 3.05) is 20.2 Å². The molecule has 0 bridgehead atoms. The summed E-state index contributed by atoms with van der Waals surface area (Å²) in [4.78, 5) is 2.46. The molecule has 0 saturated carbocycles. The van der Waals surface area contributed by atoms with Gasteiger partial charge in [0.05, 0.1) is 7.11 Å². The van der Waals surface area contributed by atoms with Crippen LogP contribution in [0.15, 0.2) is 24.3 Å². The first-order valence-electron chi connectivity index (χ1n) is 6.48. The van der Waals surface area contributed by atoms with Gasteiger partial charge in [0, 0.05) is 31.7 Å². The summed E-state index contributed by atoms with van der Waals surface area (Å²) in [5, 5.41) is 1.96. The first-order valence-corrected chi connectivity index (χ1v) is 6.48. The van der Waals surface area contributed by atoms with E-state index >= 15 is 0 Å². The van der Waals surface area contributed by atoms with Crippen molar-refractivity contribution < 1.29 is 4.74 Å². The highest BCUT2D eigenvalue weighted by molar-refractivity contribution is 5.85. The Bertz CT molecular complexity index is 373. The van der Waals surface area contributed by atoms with Crippen molar-refractivity contribution in [1.82, 2.24) is 9.91 Å². The van der Waals surface area contributed by atoms with Gasteiger partial charge in [0.1, 0.15) is 5.75 Å². The average Bonchev–Trinajstić information content (AvgIpc) is 2.37. The fraction of sp³-hybridized carbons (Fsp3) is 0.571. The van der Waals surface area contributed by atoms with Crippen LogP contribution in [0.1, 0.15) is 19.4 Å². The molecule has 1 aromatic rings. The lowest BCUT2D eigenvalue weighted by Crippen LogP contribution is -2.59. The predicted molar refractivity (Wildman–Crippen MR) is 80.5 cm³/mol. The smallest absolute Gasteiger partial charge is 0.118 e. The zero-order valence-corrected chi connectivity index (χ0v) is 12.7. The minimum absolute atomic E-state index is 0. The number of methoxy groups -OCH3 is 1. The van der Waals surface area contributed by atoms with Gasteiger partial charge in [-0.3, -0.25) is 10.7 Å². The summed E-state index contributed by atoms with van der Waals surface area (Å²) in [6.07, 6.45) is 0. The van der Waals surface area contributed by atoms with Crippen LogP contribution in [0.4, 0.5) is 0 Å². The van der Waals surface area contributed by atoms with Gasteiger partial charge in [-0.25, -0.2) is 5.01 Å². The van der Waals surface area contributed by atoms with Crippen LogP contribution in [0.25, 0.3) is 0 Å². The van der Waals surface area contributed by atoms with Gasteiger partial charge in [0.15, 0.2) is 0 Å². The quantitative estimate of drug-likeness (QED) is 0.861. The van der Waals surface area contributed by atoms with Crippen molar-refractivity contribution >= 4 is 12.4 Å². The molecular formula is C14H24ClN3O. The van der Waals surface area contributed by atoms with Gasteiger partial charge >= 0.3 is 0 Å². The van der Waals surface area contributed by atoms with Crippen molar-refractivity contribution in [2.24, 2.45) is 5.84 Å². The summed E-state index contributed by atoms with van der Waals surface area (Å²) < 4.78 is 5.17. The maximum absolute atomic E-state index is 6.01. The molecule has 0 amide bonds. The van der Waals surface area contributed by atoms with Crippen LogP contribution in [0.2, 0.25) is 0 Å². The van der Waals surface area contributed by atoms with Crippen LogP contribution >= 0.6 is 12.4 Å². The summed E-state index contributed by atoms with van der Waals surface area (Å²) in [5.74, 6) is 6.91. The number of halogens is 1. The SMILES string of the molecule is COc1ccc(CN2CC(C)N(N)C(C)C2)cc1.Cl. The zero-order valence-electron chi connectivity index (χ0n) is 11.9. The van der Waals surface area contributed by atoms with Crippen LogP contribution in [-0.2, 0) is 6.54 Å². The summed E-state index contributed by atoms with van der Waals surface area (Å²) in [6, 6.07) is 9.10. The highest BCUT2D eigenvalue weighted by Gasteiger charge is 2.26. The van der Waals surface area contributed by atoms with E-state index in [1.165, 1.54) is 5.56 Å². The van der Waals surface area contributed by atoms with Crippen LogP contribution < -0.4 is 10.6 Å². The average molecular weight is 286 g/mol. The van der Waals surface area contributed by atoms with Gasteiger partial charge < -0.3 is 4.74 Å². The van der Waals surface area contributed by atoms with Crippen molar-refractivity contribution in [3.8, 4) is 5.75 Å². The number of ether oxygens (including phenoxy) is 1. The van der Waals surface area contributed by atoms with Crippen LogP contribution in [0.3, 0.4) is 0 Å². The predicted octanol–water partition coefficient (Wildman–Crippen LogP) is 1.89. The Labute approximate surface area is 121 Å². The monoisotopic (exact) mass is 285 g/mol. The fourth-order valence-corrected chi connectivity index (χ4v) is 2.56. The van der Waals surface area contributed by atoms with Gasteiger partial charge in [-0.15, -0.1) is 12.4 Å². The standard InChI is InChI=1S/C14H23N3O.ClH/c1-11-8-16(9-12(2)17(11)15)10-13-4-6-14(18-3)7-5-13;/h4-7,11-12H,8-10,15H2,1-3H3;1H. The lowest BCUT2D eigenvalue weighted by Gasteiger charge is -2.41. The Morgan fingerprint density at radius 3 is 2.16 bits per heavy atom. The summed E-state index contributed by atoms with van der Waals surface area (Å²) in [5.41, 5.74) is 1.32. The highest BCUT2D eigenvalue weighted by Crippen LogP contribution is 2.17. The van der Waals surface area contributed by atoms with Crippen molar-refractivity contribution in [3.63, 3.8) is 0 Å². The molecule has 1 aliphatic rings. The Morgan fingerprint density at radius 1 is 1.16 bits per heavy atom. The maximum Gasteiger partial charge on any atom is 0.118 e. The summed E-state index contributed by atoms with van der Waals surface area (Å²) >= 11 is 0. The third-order valence-corrected chi connectivity index (χ3v) is 3.63. The Kier molecular flexibility index (Phi) is 6.07. The van der Waals surface area contributed by atoms with E-state index in [9.17, 15) is 0 Å². The molecule has 4 nitrogen and oxygen atoms in total. The minimum atomic E-state index is 0. The Morgan fingerprint density at radius 2 is 1.68 bits per heavy atom. The van der Waals surface area contributed by atoms with E-state index in [1.807, 2.05) is 17.1 Å². The molecule has 0 radical (unpaired) electrons. The zero-order chi connectivity index (χ0) is 13.1. The number of rotatable bonds is 3. The molecule has 0 aliphatic carbocycles. The second-order valence-corrected chi connectivity index (χ2v) is 5.19. The molecule has 2 rings (SSSR count). The van der Waals surface area contributed by atoms with E-state index in [-0.39, 0.29) is 12.4 Å². The molecule has 2 N–H and O–H groups in total. The molecule has 1 aromatic carbocycles. The molecule has 1 fully saturated rings. The topological polar surface area (TPSA) is 41.7 Å². The normalized spacial score (nSPS) is 24.8. The molecular weight excluding hydrogens is 262 g/mol. The van der Waals surface area contributed by atoms with Crippen molar-refractivity contribution in [3.05, 3.63) is 29.8 Å². The van der Waals surface area contributed by atoms with Gasteiger partial charge in [0.2, 0.25) is 0 Å². The summed E-state index contributed by atoms with van der Waals surface area (Å²) in [7, 11) is 1.69. The number of benzene rings is 1. The second kappa shape index (κ2) is 7.10. The fourth-order valence-electron chi connectivity index (χ4n) is 2.56. The molecule has 1 saturated heterocycles. The first-order chi connectivity index (χ1) is 8.60. The van der Waals surface area contributed by atoms with E-state index in [1.54, 1.807) is 7.11 Å². The molecule has 2 unspecified atom stereocenters. The molecule has 0 spiro atoms. The van der Waals surface area contributed by atoms with Gasteiger partial charge in [-0.1, -0.05) is 12.1 Å². The van der Waals surface area contributed by atoms with Crippen molar-refractivity contribution in [1.29, 1.82) is 0 Å². The van der Waals surface area contributed by atoms with E-state index in [4.69, 9.17) is 10.6 Å². The largest absolute Gasteiger partial charge is 0.497 e. The molecule has 19 heavy (non-hydrogen) atoms. The van der Waals surface area contributed by atoms with E-state index < -0.39 is 0 Å². The lowest BCUT2D eigenvalue weighted by atomic mass is 10.1. The number of piperazine rings is 1. The number of nitrogens with zero attached hydrogens (tertiary/aromatic N) is 2. The number of hydrogen-bond donors (Lipinski definition) is 1. The summed E-state index contributed by atoms with van der Waals surface area (Å²) in [6.45, 7) is 7.37. The van der Waals surface area contributed by atoms with E-state index in [0.29, 0.717) is 12.1 Å². The highest BCUT2D eigenvalue weighted by atomic mass is 35.5. The molecule has 1 aliphatic heterocycles. The van der Waals surface area contributed by atoms with E-state index in [2.05, 4.69) is 30.9 Å². The number of nitrogens with two attached hydrogens (primary N) is 1. The molecule has 108 valence electrons. The second-order valence-electron chi connectivity index (χ2n) is 5.19. The third-order valence-electron chi connectivity index (χ3n) is 3.63. The number of hydrazine groups is 1. The van der Waals surface area contributed by atoms with E-state index in [0.717, 1.165) is 25.4 Å². The molecule has 1 heterocycles. The molecule has 2 atom stereocenters. The maximum atomic E-state index is 6.01. The number of hydrogen-bond acceptors (Lipinski definition) is 4.